The van der Waals surface area contributed by atoms with Crippen LogP contribution in [0, 0.1) is 0 Å². The van der Waals surface area contributed by atoms with Crippen LogP contribution in [0.5, 0.6) is 5.75 Å². The summed E-state index contributed by atoms with van der Waals surface area (Å²) in [4.78, 5) is 7.81. The first kappa shape index (κ1) is 14.8. The van der Waals surface area contributed by atoms with Crippen LogP contribution >= 0.6 is 0 Å². The van der Waals surface area contributed by atoms with E-state index in [-0.39, 0.29) is 0 Å². The lowest BCUT2D eigenvalue weighted by Gasteiger charge is -1.99. The smallest absolute Gasteiger partial charge is 0.156 e. The zero-order valence-corrected chi connectivity index (χ0v) is 13.1. The molecule has 5 nitrogen and oxygen atoms in total. The number of aromatic amines is 2. The fraction of sp³-hybridized carbons (Fsp3) is 0.111. The first-order valence-electron chi connectivity index (χ1n) is 7.30. The summed E-state index contributed by atoms with van der Waals surface area (Å²) in [6.45, 7) is 5.76. The molecule has 2 aromatic heterocycles. The Morgan fingerprint density at radius 3 is 2.65 bits per heavy atom. The zero-order chi connectivity index (χ0) is 16.2. The Hall–Kier alpha value is -3.08. The highest BCUT2D eigenvalue weighted by molar-refractivity contribution is 5.68. The molecular formula is C18H18N4O. The van der Waals surface area contributed by atoms with Crippen molar-refractivity contribution in [3.05, 3.63) is 54.4 Å². The van der Waals surface area contributed by atoms with E-state index in [0.29, 0.717) is 0 Å². The molecule has 0 aliphatic rings. The molecule has 0 amide bonds. The Morgan fingerprint density at radius 2 is 2.00 bits per heavy atom. The van der Waals surface area contributed by atoms with Crippen LogP contribution in [0.3, 0.4) is 0 Å². The van der Waals surface area contributed by atoms with E-state index in [2.05, 4.69) is 26.7 Å². The van der Waals surface area contributed by atoms with Gasteiger partial charge in [0, 0.05) is 5.56 Å². The van der Waals surface area contributed by atoms with Crippen LogP contribution in [-0.4, -0.2) is 27.3 Å². The second-order valence-corrected chi connectivity index (χ2v) is 4.98. The topological polar surface area (TPSA) is 66.6 Å². The van der Waals surface area contributed by atoms with Crippen molar-refractivity contribution in [2.45, 2.75) is 6.92 Å². The molecule has 0 radical (unpaired) electrons. The van der Waals surface area contributed by atoms with Crippen molar-refractivity contribution in [1.29, 1.82) is 0 Å². The second-order valence-electron chi connectivity index (χ2n) is 4.98. The molecule has 3 aromatic rings. The van der Waals surface area contributed by atoms with E-state index in [4.69, 9.17) is 4.74 Å². The summed E-state index contributed by atoms with van der Waals surface area (Å²) in [7, 11) is 1.65. The highest BCUT2D eigenvalue weighted by Gasteiger charge is 2.11. The normalized spacial score (nSPS) is 11.0. The minimum Gasteiger partial charge on any atom is -0.497 e. The van der Waals surface area contributed by atoms with Gasteiger partial charge in [-0.1, -0.05) is 12.7 Å². The van der Waals surface area contributed by atoms with E-state index in [9.17, 15) is 0 Å². The fourth-order valence-electron chi connectivity index (χ4n) is 2.32. The number of benzene rings is 1. The molecule has 116 valence electrons. The Bertz CT molecular complexity index is 840. The van der Waals surface area contributed by atoms with Gasteiger partial charge in [-0.05, 0) is 49.4 Å². The van der Waals surface area contributed by atoms with Crippen molar-refractivity contribution in [3.8, 4) is 28.5 Å². The molecule has 2 N–H and O–H groups in total. The van der Waals surface area contributed by atoms with Gasteiger partial charge in [-0.3, -0.25) is 5.10 Å². The highest BCUT2D eigenvalue weighted by atomic mass is 16.5. The van der Waals surface area contributed by atoms with Gasteiger partial charge < -0.3 is 9.72 Å². The Labute approximate surface area is 134 Å². The third-order valence-electron chi connectivity index (χ3n) is 3.51. The lowest BCUT2D eigenvalue weighted by Crippen LogP contribution is -1.82. The minimum absolute atomic E-state index is 0.736. The van der Waals surface area contributed by atoms with Gasteiger partial charge in [0.1, 0.15) is 11.4 Å². The Morgan fingerprint density at radius 1 is 1.22 bits per heavy atom. The molecule has 5 heteroatoms. The number of aromatic nitrogens is 4. The maximum absolute atomic E-state index is 5.17. The first-order chi connectivity index (χ1) is 11.2. The predicted octanol–water partition coefficient (Wildman–Crippen LogP) is 4.15. The first-order valence-corrected chi connectivity index (χ1v) is 7.30. The van der Waals surface area contributed by atoms with E-state index in [1.807, 2.05) is 49.4 Å². The number of rotatable bonds is 5. The number of methoxy groups -OCH3 is 1. The lowest BCUT2D eigenvalue weighted by atomic mass is 10.1. The van der Waals surface area contributed by atoms with Gasteiger partial charge in [0.2, 0.25) is 0 Å². The molecule has 23 heavy (non-hydrogen) atoms. The summed E-state index contributed by atoms with van der Waals surface area (Å²) >= 11 is 0. The molecule has 0 saturated carbocycles. The molecule has 1 aromatic carbocycles. The summed E-state index contributed by atoms with van der Waals surface area (Å²) in [6.07, 6.45) is 5.65. The molecule has 0 bridgehead atoms. The highest BCUT2D eigenvalue weighted by Crippen LogP contribution is 2.25. The molecule has 0 fully saturated rings. The quantitative estimate of drug-likeness (QED) is 0.744. The number of imidazole rings is 1. The predicted molar refractivity (Wildman–Crippen MR) is 93.0 cm³/mol. The molecule has 0 atom stereocenters. The maximum atomic E-state index is 5.17. The summed E-state index contributed by atoms with van der Waals surface area (Å²) < 4.78 is 5.17. The molecule has 0 spiro atoms. The van der Waals surface area contributed by atoms with E-state index >= 15 is 0 Å². The van der Waals surface area contributed by atoms with Crippen LogP contribution in [0.15, 0.2) is 43.0 Å². The van der Waals surface area contributed by atoms with Crippen molar-refractivity contribution >= 4 is 12.2 Å². The summed E-state index contributed by atoms with van der Waals surface area (Å²) in [5.74, 6) is 1.56. The summed E-state index contributed by atoms with van der Waals surface area (Å²) in [6, 6.07) is 9.74. The van der Waals surface area contributed by atoms with Gasteiger partial charge in [-0.2, -0.15) is 5.10 Å². The number of H-pyrrole nitrogens is 2. The third kappa shape index (κ3) is 2.94. The van der Waals surface area contributed by atoms with Crippen LogP contribution in [0.1, 0.15) is 18.3 Å². The number of nitrogens with one attached hydrogen (secondary N) is 2. The van der Waals surface area contributed by atoms with Crippen molar-refractivity contribution < 1.29 is 4.74 Å². The van der Waals surface area contributed by atoms with Crippen molar-refractivity contribution in [1.82, 2.24) is 20.2 Å². The van der Waals surface area contributed by atoms with E-state index in [0.717, 1.165) is 39.9 Å². The average molecular weight is 306 g/mol. The van der Waals surface area contributed by atoms with Crippen LogP contribution in [0.25, 0.3) is 34.9 Å². The van der Waals surface area contributed by atoms with Crippen molar-refractivity contribution in [2.24, 2.45) is 0 Å². The van der Waals surface area contributed by atoms with Crippen molar-refractivity contribution in [2.75, 3.05) is 7.11 Å². The van der Waals surface area contributed by atoms with E-state index in [1.54, 1.807) is 13.2 Å². The van der Waals surface area contributed by atoms with Gasteiger partial charge in [0.15, 0.2) is 5.82 Å². The maximum Gasteiger partial charge on any atom is 0.156 e. The molecule has 0 aliphatic carbocycles. The monoisotopic (exact) mass is 306 g/mol. The van der Waals surface area contributed by atoms with E-state index in [1.165, 1.54) is 0 Å². The lowest BCUT2D eigenvalue weighted by molar-refractivity contribution is 0.415. The number of hydrogen-bond donors (Lipinski definition) is 2. The molecule has 0 saturated heterocycles. The molecule has 0 aliphatic heterocycles. The van der Waals surface area contributed by atoms with Crippen molar-refractivity contribution in [3.63, 3.8) is 0 Å². The number of allylic oxidation sites excluding steroid dienone is 1. The number of nitrogens with zero attached hydrogens (tertiary/aromatic N) is 2. The van der Waals surface area contributed by atoms with Gasteiger partial charge >= 0.3 is 0 Å². The van der Waals surface area contributed by atoms with Crippen LogP contribution in [0.2, 0.25) is 0 Å². The largest absolute Gasteiger partial charge is 0.497 e. The molecule has 3 rings (SSSR count). The van der Waals surface area contributed by atoms with Gasteiger partial charge in [-0.15, -0.1) is 0 Å². The van der Waals surface area contributed by atoms with Gasteiger partial charge in [0.05, 0.1) is 24.2 Å². The van der Waals surface area contributed by atoms with Gasteiger partial charge in [0.25, 0.3) is 0 Å². The Kier molecular flexibility index (Phi) is 4.10. The number of ether oxygens (including phenoxy) is 1. The Balaban J connectivity index is 1.93. The zero-order valence-electron chi connectivity index (χ0n) is 13.1. The standard InChI is InChI=1S/C18H18N4O/c1-4-6-15-14(5-2)19-18(20-15)17-11-16(21-22-17)12-7-9-13(23-3)10-8-12/h4-11H,2H2,1,3H3,(H,19,20)(H,21,22)/b6-4-. The molecule has 2 heterocycles. The van der Waals surface area contributed by atoms with Crippen LogP contribution in [-0.2, 0) is 0 Å². The number of hydrogen-bond acceptors (Lipinski definition) is 3. The van der Waals surface area contributed by atoms with E-state index < -0.39 is 0 Å². The minimum atomic E-state index is 0.736. The van der Waals surface area contributed by atoms with Gasteiger partial charge in [-0.25, -0.2) is 4.98 Å². The van der Waals surface area contributed by atoms with Crippen LogP contribution in [0.4, 0.5) is 0 Å². The summed E-state index contributed by atoms with van der Waals surface area (Å²) in [5, 5.41) is 7.38. The molecule has 0 unspecified atom stereocenters. The average Bonchev–Trinajstić information content (AvgIpc) is 3.22. The second kappa shape index (κ2) is 6.36. The SMILES string of the molecule is C=Cc1[nH]c(-c2cc(-c3ccc(OC)cc3)n[nH]2)nc1/C=C\C. The summed E-state index contributed by atoms with van der Waals surface area (Å²) in [5.41, 5.74) is 4.44. The fourth-order valence-corrected chi connectivity index (χ4v) is 2.32. The van der Waals surface area contributed by atoms with Crippen LogP contribution < -0.4 is 4.74 Å². The molecular weight excluding hydrogens is 288 g/mol. The third-order valence-corrected chi connectivity index (χ3v) is 3.51.